The van der Waals surface area contributed by atoms with Gasteiger partial charge in [-0.15, -0.1) is 0 Å². The molecule has 2 aromatic rings. The zero-order valence-electron chi connectivity index (χ0n) is 11.5. The molecule has 0 saturated carbocycles. The van der Waals surface area contributed by atoms with Crippen molar-refractivity contribution in [2.75, 3.05) is 0 Å². The quantitative estimate of drug-likeness (QED) is 0.835. The van der Waals surface area contributed by atoms with E-state index in [4.69, 9.17) is 9.90 Å². The molecule has 1 heterocycles. The molecule has 0 unspecified atom stereocenters. The van der Waals surface area contributed by atoms with Crippen LogP contribution in [-0.2, 0) is 15.4 Å². The van der Waals surface area contributed by atoms with Crippen molar-refractivity contribution < 1.29 is 23.1 Å². The maximum atomic E-state index is 10.6. The Bertz CT molecular complexity index is 523. The Hall–Kier alpha value is -1.85. The van der Waals surface area contributed by atoms with Gasteiger partial charge in [-0.2, -0.15) is 13.2 Å². The van der Waals surface area contributed by atoms with Gasteiger partial charge in [0.15, 0.2) is 0 Å². The average molecular weight is 376 g/mol. The first-order valence-corrected chi connectivity index (χ1v) is 8.62. The van der Waals surface area contributed by atoms with E-state index in [0.29, 0.717) is 15.0 Å². The van der Waals surface area contributed by atoms with Crippen molar-refractivity contribution >= 4 is 20.9 Å². The summed E-state index contributed by atoms with van der Waals surface area (Å²) in [6, 6.07) is 14.9. The molecule has 0 bridgehead atoms. The van der Waals surface area contributed by atoms with Crippen molar-refractivity contribution in [1.82, 2.24) is 4.98 Å². The van der Waals surface area contributed by atoms with Gasteiger partial charge < -0.3 is 5.11 Å². The minimum atomic E-state index is -5.08. The topological polar surface area (TPSA) is 50.2 Å². The zero-order valence-corrected chi connectivity index (χ0v) is 13.2. The Kier molecular flexibility index (Phi) is 7.63. The first kappa shape index (κ1) is 18.2. The predicted octanol–water partition coefficient (Wildman–Crippen LogP) is 3.12. The molecule has 1 aromatic heterocycles. The molecule has 22 heavy (non-hydrogen) atoms. The number of nitrogens with zero attached hydrogens (tertiary/aromatic N) is 1. The molecule has 1 aromatic carbocycles. The first-order chi connectivity index (χ1) is 10.4. The van der Waals surface area contributed by atoms with Crippen molar-refractivity contribution in [3.63, 3.8) is 0 Å². The van der Waals surface area contributed by atoms with Crippen LogP contribution in [0, 0.1) is 0 Å². The van der Waals surface area contributed by atoms with Crippen LogP contribution in [0.5, 0.6) is 0 Å². The van der Waals surface area contributed by atoms with E-state index in [9.17, 15) is 13.2 Å². The summed E-state index contributed by atoms with van der Waals surface area (Å²) in [5.74, 6) is -2.76. The van der Waals surface area contributed by atoms with Crippen molar-refractivity contribution in [3.05, 3.63) is 66.0 Å². The third kappa shape index (κ3) is 7.81. The van der Waals surface area contributed by atoms with E-state index >= 15 is 0 Å². The third-order valence-corrected chi connectivity index (χ3v) is 4.63. The number of pyridine rings is 1. The number of carboxylic acids is 1. The number of carbonyl (C=O) groups is 1. The van der Waals surface area contributed by atoms with Crippen LogP contribution in [0.3, 0.4) is 0 Å². The Morgan fingerprint density at radius 3 is 1.91 bits per heavy atom. The van der Waals surface area contributed by atoms with Gasteiger partial charge in [0, 0.05) is 0 Å². The van der Waals surface area contributed by atoms with Gasteiger partial charge in [-0.3, -0.25) is 0 Å². The Morgan fingerprint density at radius 2 is 1.45 bits per heavy atom. The van der Waals surface area contributed by atoms with Gasteiger partial charge >= 0.3 is 109 Å². The Morgan fingerprint density at radius 1 is 1.00 bits per heavy atom. The second-order valence-corrected chi connectivity index (χ2v) is 6.20. The molecule has 0 fully saturated rings. The van der Waals surface area contributed by atoms with Crippen LogP contribution in [-0.4, -0.2) is 37.2 Å². The van der Waals surface area contributed by atoms with E-state index in [-0.39, 0.29) is 0 Å². The zero-order chi connectivity index (χ0) is 16.4. The third-order valence-electron chi connectivity index (χ3n) is 2.37. The fourth-order valence-electron chi connectivity index (χ4n) is 1.34. The number of benzene rings is 1. The molecule has 0 spiro atoms. The van der Waals surface area contributed by atoms with Gasteiger partial charge in [0.05, 0.1) is 0 Å². The van der Waals surface area contributed by atoms with Crippen LogP contribution in [0.15, 0.2) is 54.9 Å². The SMILES string of the molecule is O=C(O)C(F)(F)F.c1ccc(C[Se]Cc2ccncc2)cc1. The van der Waals surface area contributed by atoms with Gasteiger partial charge in [-0.1, -0.05) is 0 Å². The van der Waals surface area contributed by atoms with Crippen molar-refractivity contribution in [2.24, 2.45) is 0 Å². The van der Waals surface area contributed by atoms with Crippen LogP contribution in [0.25, 0.3) is 0 Å². The summed E-state index contributed by atoms with van der Waals surface area (Å²) in [7, 11) is 0. The average Bonchev–Trinajstić information content (AvgIpc) is 2.49. The number of aliphatic carboxylic acids is 1. The van der Waals surface area contributed by atoms with E-state index in [1.54, 1.807) is 0 Å². The molecule has 118 valence electrons. The molecule has 0 aliphatic heterocycles. The van der Waals surface area contributed by atoms with E-state index in [0.717, 1.165) is 0 Å². The van der Waals surface area contributed by atoms with E-state index in [1.165, 1.54) is 21.8 Å². The molecule has 0 atom stereocenters. The maximum absolute atomic E-state index is 10.6. The van der Waals surface area contributed by atoms with Crippen molar-refractivity contribution in [3.8, 4) is 0 Å². The Balaban J connectivity index is 0.000000295. The van der Waals surface area contributed by atoms with Crippen LogP contribution in [0.1, 0.15) is 11.1 Å². The summed E-state index contributed by atoms with van der Waals surface area (Å²) in [5, 5.41) is 9.54. The number of hydrogen-bond donors (Lipinski definition) is 1. The molecule has 7 heteroatoms. The molecule has 0 aliphatic rings. The van der Waals surface area contributed by atoms with Gasteiger partial charge in [-0.05, 0) is 0 Å². The van der Waals surface area contributed by atoms with Gasteiger partial charge in [0.2, 0.25) is 0 Å². The monoisotopic (exact) mass is 377 g/mol. The first-order valence-electron chi connectivity index (χ1n) is 6.20. The van der Waals surface area contributed by atoms with Crippen molar-refractivity contribution in [1.29, 1.82) is 0 Å². The van der Waals surface area contributed by atoms with E-state index in [2.05, 4.69) is 47.4 Å². The fraction of sp³-hybridized carbons (Fsp3) is 0.200. The van der Waals surface area contributed by atoms with Crippen LogP contribution in [0.2, 0.25) is 0 Å². The van der Waals surface area contributed by atoms with Crippen LogP contribution < -0.4 is 0 Å². The van der Waals surface area contributed by atoms with E-state index < -0.39 is 12.1 Å². The molecule has 0 saturated heterocycles. The second kappa shape index (κ2) is 9.22. The molecule has 0 radical (unpaired) electrons. The molecule has 3 nitrogen and oxygen atoms in total. The normalized spacial score (nSPS) is 10.5. The number of hydrogen-bond acceptors (Lipinski definition) is 2. The summed E-state index contributed by atoms with van der Waals surface area (Å²) in [6.45, 7) is 0. The summed E-state index contributed by atoms with van der Waals surface area (Å²) in [5.41, 5.74) is 2.85. The van der Waals surface area contributed by atoms with Gasteiger partial charge in [-0.25, -0.2) is 4.79 Å². The van der Waals surface area contributed by atoms with Crippen molar-refractivity contribution in [2.45, 2.75) is 16.8 Å². The summed E-state index contributed by atoms with van der Waals surface area (Å²) < 4.78 is 31.7. The molecule has 0 aliphatic carbocycles. The van der Waals surface area contributed by atoms with E-state index in [1.807, 2.05) is 12.4 Å². The number of halogens is 3. The molecule has 1 N–H and O–H groups in total. The number of rotatable bonds is 4. The molecular weight excluding hydrogens is 362 g/mol. The predicted molar refractivity (Wildman–Crippen MR) is 77.5 cm³/mol. The van der Waals surface area contributed by atoms with Crippen LogP contribution >= 0.6 is 0 Å². The Labute approximate surface area is 132 Å². The summed E-state index contributed by atoms with van der Waals surface area (Å²) in [4.78, 5) is 12.9. The molecule has 2 rings (SSSR count). The molecular formula is C15H14F3NO2Se. The van der Waals surface area contributed by atoms with Gasteiger partial charge in [0.1, 0.15) is 0 Å². The summed E-state index contributed by atoms with van der Waals surface area (Å²) >= 11 is 0.655. The fourth-order valence-corrected chi connectivity index (χ4v) is 3.35. The summed E-state index contributed by atoms with van der Waals surface area (Å²) in [6.07, 6.45) is -1.35. The number of alkyl halides is 3. The minimum absolute atomic E-state index is 0.655. The standard InChI is InChI=1S/C13H13NSe.C2HF3O2/c1-2-4-12(5-3-1)10-15-11-13-6-8-14-9-7-13;3-2(4,5)1(6)7/h1-9H,10-11H2;(H,6,7). The molecule has 0 amide bonds. The number of carboxylic acid groups (broad SMARTS) is 1. The van der Waals surface area contributed by atoms with Gasteiger partial charge in [0.25, 0.3) is 0 Å². The second-order valence-electron chi connectivity index (χ2n) is 4.14. The van der Waals surface area contributed by atoms with Crippen LogP contribution in [0.4, 0.5) is 13.2 Å². The number of aromatic nitrogens is 1.